The van der Waals surface area contributed by atoms with Gasteiger partial charge in [0.05, 0.1) is 6.26 Å². The molecule has 2 aliphatic carbocycles. The lowest BCUT2D eigenvalue weighted by Crippen LogP contribution is -2.30. The summed E-state index contributed by atoms with van der Waals surface area (Å²) in [6.45, 7) is 0. The fourth-order valence-corrected chi connectivity index (χ4v) is 8.12. The normalized spacial score (nSPS) is 21.1. The van der Waals surface area contributed by atoms with Gasteiger partial charge in [0.25, 0.3) is 0 Å². The lowest BCUT2D eigenvalue weighted by molar-refractivity contribution is 0.486. The highest BCUT2D eigenvalue weighted by Gasteiger charge is 2.35. The molecule has 4 heteroatoms. The highest BCUT2D eigenvalue weighted by atomic mass is 31.1. The van der Waals surface area contributed by atoms with Crippen LogP contribution in [0.5, 0.6) is 0 Å². The molecule has 2 heterocycles. The Morgan fingerprint density at radius 3 is 2.17 bits per heavy atom. The molecule has 2 saturated carbocycles. The molecule has 3 nitrogen and oxygen atoms in total. The first-order valence-corrected chi connectivity index (χ1v) is 10.8. The zero-order valence-electron chi connectivity index (χ0n) is 13.9. The molecule has 2 fully saturated rings. The van der Waals surface area contributed by atoms with E-state index in [1.54, 1.807) is 6.26 Å². The number of hydrogen-bond donors (Lipinski definition) is 0. The summed E-state index contributed by atoms with van der Waals surface area (Å²) in [4.78, 5) is 4.85. The molecule has 0 bridgehead atoms. The van der Waals surface area contributed by atoms with Crippen molar-refractivity contribution >= 4 is 13.5 Å². The highest BCUT2D eigenvalue weighted by Crippen LogP contribution is 2.54. The van der Waals surface area contributed by atoms with Crippen molar-refractivity contribution in [2.45, 2.75) is 75.5 Å². The topological polar surface area (TPSA) is 31.0 Å². The molecule has 0 radical (unpaired) electrons. The van der Waals surface area contributed by atoms with Gasteiger partial charge in [0.1, 0.15) is 5.57 Å². The lowest BCUT2D eigenvalue weighted by Gasteiger charge is -2.37. The van der Waals surface area contributed by atoms with Gasteiger partial charge in [-0.3, -0.25) is 4.57 Å². The second kappa shape index (κ2) is 7.21. The van der Waals surface area contributed by atoms with E-state index in [4.69, 9.17) is 9.40 Å². The van der Waals surface area contributed by atoms with Gasteiger partial charge in [-0.15, -0.1) is 0 Å². The third-order valence-corrected chi connectivity index (χ3v) is 8.93. The molecular weight excluding hydrogens is 303 g/mol. The Balaban J connectivity index is 1.68. The van der Waals surface area contributed by atoms with E-state index >= 15 is 0 Å². The van der Waals surface area contributed by atoms with E-state index < -0.39 is 0 Å². The van der Waals surface area contributed by atoms with Crippen molar-refractivity contribution in [3.8, 4) is 5.88 Å². The third kappa shape index (κ3) is 3.26. The van der Waals surface area contributed by atoms with Gasteiger partial charge >= 0.3 is 0 Å². The van der Waals surface area contributed by atoms with Gasteiger partial charge in [0.15, 0.2) is 0 Å². The van der Waals surface area contributed by atoms with E-state index in [1.807, 2.05) is 12.3 Å². The predicted molar refractivity (Wildman–Crippen MR) is 96.1 cm³/mol. The fourth-order valence-electron chi connectivity index (χ4n) is 4.41. The number of hydrogen-bond acceptors (Lipinski definition) is 2. The Morgan fingerprint density at radius 2 is 1.61 bits per heavy atom. The quantitative estimate of drug-likeness (QED) is 0.718. The zero-order chi connectivity index (χ0) is 15.5. The largest absolute Gasteiger partial charge is 0.448 e. The third-order valence-electron chi connectivity index (χ3n) is 5.53. The van der Waals surface area contributed by atoms with E-state index in [9.17, 15) is 0 Å². The standard InChI is InChI=1S/C19H27N2OP/c1-3-8-16(9-4-1)23(17-10-5-2-6-11-17)19-20-13-14-21(19)18-12-7-15-22-18/h7,12-17H,1-6,8-11H2. The van der Waals surface area contributed by atoms with Crippen LogP contribution in [0.2, 0.25) is 0 Å². The van der Waals surface area contributed by atoms with E-state index in [0.29, 0.717) is 0 Å². The van der Waals surface area contributed by atoms with Crippen molar-refractivity contribution in [3.05, 3.63) is 30.8 Å². The molecule has 23 heavy (non-hydrogen) atoms. The molecule has 0 atom stereocenters. The van der Waals surface area contributed by atoms with E-state index in [-0.39, 0.29) is 7.92 Å². The molecule has 0 saturated heterocycles. The summed E-state index contributed by atoms with van der Waals surface area (Å²) in [5, 5.41) is 0. The molecule has 0 aromatic carbocycles. The average Bonchev–Trinajstić information content (AvgIpc) is 3.28. The molecule has 2 aromatic heterocycles. The summed E-state index contributed by atoms with van der Waals surface area (Å²) in [5.41, 5.74) is 3.06. The van der Waals surface area contributed by atoms with Crippen LogP contribution in [0.3, 0.4) is 0 Å². The van der Waals surface area contributed by atoms with Gasteiger partial charge in [-0.25, -0.2) is 4.98 Å². The number of nitrogens with zero attached hydrogens (tertiary/aromatic N) is 2. The van der Waals surface area contributed by atoms with E-state index in [1.165, 1.54) is 69.8 Å². The maximum atomic E-state index is 5.68. The van der Waals surface area contributed by atoms with Crippen LogP contribution in [0.25, 0.3) is 5.88 Å². The van der Waals surface area contributed by atoms with Gasteiger partial charge in [-0.05, 0) is 51.0 Å². The first-order valence-electron chi connectivity index (χ1n) is 9.29. The Bertz CT molecular complexity index is 577. The number of imidazole rings is 1. The van der Waals surface area contributed by atoms with Crippen LogP contribution >= 0.6 is 7.92 Å². The van der Waals surface area contributed by atoms with E-state index in [0.717, 1.165) is 17.2 Å². The summed E-state index contributed by atoms with van der Waals surface area (Å²) in [6.07, 6.45) is 20.0. The molecule has 0 unspecified atom stereocenters. The highest BCUT2D eigenvalue weighted by molar-refractivity contribution is 7.66. The molecule has 2 aliphatic rings. The van der Waals surface area contributed by atoms with Crippen LogP contribution in [0.1, 0.15) is 64.2 Å². The van der Waals surface area contributed by atoms with Gasteiger partial charge in [0.2, 0.25) is 5.88 Å². The maximum absolute atomic E-state index is 5.68. The SMILES string of the molecule is c1coc(-n2ccnc2P(C2CCCCC2)C2CCCCC2)c1. The first kappa shape index (κ1) is 15.4. The van der Waals surface area contributed by atoms with Crippen molar-refractivity contribution in [2.75, 3.05) is 0 Å². The smallest absolute Gasteiger partial charge is 0.204 e. The van der Waals surface area contributed by atoms with Gasteiger partial charge in [0, 0.05) is 18.5 Å². The summed E-state index contributed by atoms with van der Waals surface area (Å²) in [6, 6.07) is 4.03. The first-order chi connectivity index (χ1) is 11.4. The summed E-state index contributed by atoms with van der Waals surface area (Å²) >= 11 is 0. The summed E-state index contributed by atoms with van der Waals surface area (Å²) < 4.78 is 7.91. The molecule has 4 rings (SSSR count). The number of aromatic nitrogens is 2. The fraction of sp³-hybridized carbons (Fsp3) is 0.632. The van der Waals surface area contributed by atoms with Crippen LogP contribution < -0.4 is 5.57 Å². The number of rotatable bonds is 4. The summed E-state index contributed by atoms with van der Waals surface area (Å²) in [5.74, 6) is 0.927. The molecule has 2 aromatic rings. The molecule has 0 N–H and O–H groups in total. The minimum absolute atomic E-state index is 0.189. The Kier molecular flexibility index (Phi) is 4.85. The minimum atomic E-state index is -0.189. The van der Waals surface area contributed by atoms with Crippen molar-refractivity contribution < 1.29 is 4.42 Å². The zero-order valence-corrected chi connectivity index (χ0v) is 14.8. The van der Waals surface area contributed by atoms with Crippen molar-refractivity contribution in [2.24, 2.45) is 0 Å². The van der Waals surface area contributed by atoms with Crippen LogP contribution in [0.15, 0.2) is 35.2 Å². The van der Waals surface area contributed by atoms with Gasteiger partial charge < -0.3 is 4.42 Å². The monoisotopic (exact) mass is 330 g/mol. The number of furan rings is 1. The Hall–Kier alpha value is -1.08. The van der Waals surface area contributed by atoms with Crippen LogP contribution in [0.4, 0.5) is 0 Å². The molecule has 0 aliphatic heterocycles. The second-order valence-electron chi connectivity index (χ2n) is 7.04. The molecular formula is C19H27N2OP. The van der Waals surface area contributed by atoms with Gasteiger partial charge in [-0.2, -0.15) is 0 Å². The van der Waals surface area contributed by atoms with Gasteiger partial charge in [-0.1, -0.05) is 38.5 Å². The predicted octanol–water partition coefficient (Wildman–Crippen LogP) is 5.24. The van der Waals surface area contributed by atoms with Crippen molar-refractivity contribution in [1.29, 1.82) is 0 Å². The van der Waals surface area contributed by atoms with Crippen LogP contribution in [0, 0.1) is 0 Å². The van der Waals surface area contributed by atoms with E-state index in [2.05, 4.69) is 16.8 Å². The van der Waals surface area contributed by atoms with Crippen LogP contribution in [-0.2, 0) is 0 Å². The van der Waals surface area contributed by atoms with Crippen LogP contribution in [-0.4, -0.2) is 20.9 Å². The minimum Gasteiger partial charge on any atom is -0.448 e. The van der Waals surface area contributed by atoms with Crippen molar-refractivity contribution in [3.63, 3.8) is 0 Å². The Labute approximate surface area is 140 Å². The summed E-state index contributed by atoms with van der Waals surface area (Å²) in [7, 11) is -0.189. The lowest BCUT2D eigenvalue weighted by atomic mass is 9.99. The Morgan fingerprint density at radius 1 is 0.957 bits per heavy atom. The molecule has 124 valence electrons. The van der Waals surface area contributed by atoms with Crippen molar-refractivity contribution in [1.82, 2.24) is 9.55 Å². The average molecular weight is 330 g/mol. The second-order valence-corrected chi connectivity index (χ2v) is 9.71. The maximum Gasteiger partial charge on any atom is 0.204 e. The molecule has 0 spiro atoms. The molecule has 0 amide bonds.